The van der Waals surface area contributed by atoms with Gasteiger partial charge in [-0.05, 0) is 248 Å². The molecular formula is C90H56. The SMILES string of the molecule is C1=C2c3c(c(-c4cc(-c5ccccc5)cc(-c5ccccc5)c4)c4ccccc4c3-c3cc(-c4ccccc4)cc(-c4ccccc4)c3)C3=CC=C4c5c(c(-c6ccc7ccccc7c6)c6cc7ccccc7cc6c5-c5ccc6ccccc6c5)C(=C1)C4C23. The van der Waals surface area contributed by atoms with Crippen molar-refractivity contribution in [2.24, 2.45) is 11.8 Å². The Kier molecular flexibility index (Phi) is 11.3. The maximum Gasteiger partial charge on any atom is 0.0212 e. The van der Waals surface area contributed by atoms with Crippen molar-refractivity contribution in [1.29, 1.82) is 0 Å². The lowest BCUT2D eigenvalue weighted by molar-refractivity contribution is 0.759. The van der Waals surface area contributed by atoms with Gasteiger partial charge >= 0.3 is 0 Å². The smallest absolute Gasteiger partial charge is 0.0212 e. The molecule has 0 bridgehead atoms. The molecule has 0 heterocycles. The normalized spacial score (nSPS) is 15.2. The van der Waals surface area contributed by atoms with E-state index in [1.807, 2.05) is 0 Å². The zero-order valence-electron chi connectivity index (χ0n) is 49.3. The van der Waals surface area contributed by atoms with Crippen LogP contribution in [-0.4, -0.2) is 0 Å². The fourth-order valence-electron chi connectivity index (χ4n) is 16.2. The molecule has 0 aromatic heterocycles. The van der Waals surface area contributed by atoms with E-state index in [2.05, 4.69) is 328 Å². The fourth-order valence-corrected chi connectivity index (χ4v) is 16.2. The van der Waals surface area contributed by atoms with Crippen molar-refractivity contribution in [3.05, 3.63) is 350 Å². The van der Waals surface area contributed by atoms with Crippen LogP contribution in [0.15, 0.2) is 328 Å². The summed E-state index contributed by atoms with van der Waals surface area (Å²) in [5.41, 5.74) is 30.6. The summed E-state index contributed by atoms with van der Waals surface area (Å²) < 4.78 is 0. The monoisotopic (exact) mass is 1140 g/mol. The molecule has 4 aliphatic rings. The number of fused-ring (bicyclic) bond motifs is 11. The summed E-state index contributed by atoms with van der Waals surface area (Å²) in [7, 11) is 0. The minimum atomic E-state index is 0.0228. The van der Waals surface area contributed by atoms with Gasteiger partial charge in [-0.15, -0.1) is 0 Å². The van der Waals surface area contributed by atoms with Gasteiger partial charge in [0.15, 0.2) is 0 Å². The van der Waals surface area contributed by atoms with Crippen LogP contribution in [0.5, 0.6) is 0 Å². The van der Waals surface area contributed by atoms with Crippen LogP contribution < -0.4 is 0 Å². The summed E-state index contributed by atoms with van der Waals surface area (Å²) in [6.07, 6.45) is 10.3. The first-order chi connectivity index (χ1) is 44.6. The van der Waals surface area contributed by atoms with Gasteiger partial charge in [-0.3, -0.25) is 0 Å². The van der Waals surface area contributed by atoms with Gasteiger partial charge in [-0.2, -0.15) is 0 Å². The molecule has 0 spiro atoms. The van der Waals surface area contributed by atoms with Crippen LogP contribution >= 0.6 is 0 Å². The van der Waals surface area contributed by atoms with Gasteiger partial charge in [0.25, 0.3) is 0 Å². The molecule has 0 amide bonds. The molecule has 4 aliphatic carbocycles. The van der Waals surface area contributed by atoms with Crippen LogP contribution in [0, 0.1) is 11.8 Å². The molecule has 0 heteroatoms. The van der Waals surface area contributed by atoms with E-state index < -0.39 is 0 Å². The molecule has 19 rings (SSSR count). The zero-order chi connectivity index (χ0) is 59.0. The van der Waals surface area contributed by atoms with Gasteiger partial charge in [0.2, 0.25) is 0 Å². The topological polar surface area (TPSA) is 0 Å². The lowest BCUT2D eigenvalue weighted by Crippen LogP contribution is -2.18. The van der Waals surface area contributed by atoms with Crippen LogP contribution in [0.3, 0.4) is 0 Å². The summed E-state index contributed by atoms with van der Waals surface area (Å²) in [4.78, 5) is 0. The molecule has 0 aliphatic heterocycles. The number of hydrogen-bond acceptors (Lipinski definition) is 0. The number of benzene rings is 15. The Morgan fingerprint density at radius 1 is 0.144 bits per heavy atom. The van der Waals surface area contributed by atoms with E-state index in [0.29, 0.717) is 0 Å². The largest absolute Gasteiger partial charge is 0.0622 e. The van der Waals surface area contributed by atoms with Crippen LogP contribution in [0.25, 0.3) is 165 Å². The first kappa shape index (κ1) is 50.7. The zero-order valence-corrected chi connectivity index (χ0v) is 49.3. The molecule has 0 saturated heterocycles. The molecule has 15 aromatic carbocycles. The van der Waals surface area contributed by atoms with Crippen molar-refractivity contribution in [3.8, 4) is 89.0 Å². The Hall–Kier alpha value is -11.4. The number of hydrogen-bond donors (Lipinski definition) is 0. The minimum Gasteiger partial charge on any atom is -0.0622 e. The van der Waals surface area contributed by atoms with E-state index in [-0.39, 0.29) is 11.8 Å². The molecule has 0 atom stereocenters. The summed E-state index contributed by atoms with van der Waals surface area (Å²) in [6.45, 7) is 0. The molecule has 0 saturated carbocycles. The minimum absolute atomic E-state index is 0.0228. The molecule has 416 valence electrons. The second-order valence-corrected chi connectivity index (χ2v) is 24.9. The predicted molar refractivity (Wildman–Crippen MR) is 383 cm³/mol. The van der Waals surface area contributed by atoms with Crippen molar-refractivity contribution >= 4 is 76.2 Å². The first-order valence-corrected chi connectivity index (χ1v) is 31.6. The molecule has 0 nitrogen and oxygen atoms in total. The molecule has 0 radical (unpaired) electrons. The van der Waals surface area contributed by atoms with Crippen LogP contribution in [-0.2, 0) is 0 Å². The maximum atomic E-state index is 2.57. The number of rotatable bonds is 8. The highest BCUT2D eigenvalue weighted by atomic mass is 14.5. The lowest BCUT2D eigenvalue weighted by atomic mass is 9.71. The molecule has 90 heavy (non-hydrogen) atoms. The van der Waals surface area contributed by atoms with E-state index >= 15 is 0 Å². The highest BCUT2D eigenvalue weighted by Crippen LogP contribution is 2.69. The van der Waals surface area contributed by atoms with Crippen LogP contribution in [0.4, 0.5) is 0 Å². The second-order valence-electron chi connectivity index (χ2n) is 24.9. The second kappa shape index (κ2) is 20.1. The summed E-state index contributed by atoms with van der Waals surface area (Å²) in [6, 6.07) is 114. The maximum absolute atomic E-state index is 2.57. The summed E-state index contributed by atoms with van der Waals surface area (Å²) in [5.74, 6) is 0.0570. The van der Waals surface area contributed by atoms with E-state index in [9.17, 15) is 0 Å². The molecule has 0 N–H and O–H groups in total. The van der Waals surface area contributed by atoms with Crippen molar-refractivity contribution < 1.29 is 0 Å². The third-order valence-electron chi connectivity index (χ3n) is 20.1. The van der Waals surface area contributed by atoms with Gasteiger partial charge < -0.3 is 0 Å². The Bertz CT molecular complexity index is 5210. The van der Waals surface area contributed by atoms with Gasteiger partial charge in [0.05, 0.1) is 0 Å². The van der Waals surface area contributed by atoms with Crippen LogP contribution in [0.1, 0.15) is 22.3 Å². The van der Waals surface area contributed by atoms with Crippen molar-refractivity contribution in [2.75, 3.05) is 0 Å². The van der Waals surface area contributed by atoms with E-state index in [1.165, 1.54) is 187 Å². The van der Waals surface area contributed by atoms with Gasteiger partial charge in [-0.25, -0.2) is 0 Å². The lowest BCUT2D eigenvalue weighted by Gasteiger charge is -2.31. The Labute approximate surface area is 523 Å². The Morgan fingerprint density at radius 3 is 0.722 bits per heavy atom. The fraction of sp³-hybridized carbons (Fsp3) is 0.0222. The van der Waals surface area contributed by atoms with Crippen molar-refractivity contribution in [2.45, 2.75) is 0 Å². The highest BCUT2D eigenvalue weighted by molar-refractivity contribution is 6.25. The quantitative estimate of drug-likeness (QED) is 0.133. The standard InChI is InChI=1S/C90H56/c1-5-21-55(22-6-1)67-47-68(56-23-7-2-8-24-56)50-71(49-67)83-73-35-19-20-36-74(73)84(72-51-69(57-25-9-3-10-26-57)48-70(52-72)58-27-11-4-12-28-58)90-78-44-42-76-85-75(41-43-77(86(78)85)89(83)90)87-81(65-39-37-59-29-13-15-31-61(59)45-65)79-53-63-33-17-18-34-64(63)54-80(79)82(88(76)87)66-40-38-60-30-14-16-32-62(60)46-66/h1-54,85-86H. The first-order valence-electron chi connectivity index (χ1n) is 31.6. The third-order valence-corrected chi connectivity index (χ3v) is 20.1. The Balaban J connectivity index is 0.948. The van der Waals surface area contributed by atoms with Gasteiger partial charge in [0, 0.05) is 11.8 Å². The van der Waals surface area contributed by atoms with Gasteiger partial charge in [-0.1, -0.05) is 267 Å². The molecule has 15 aromatic rings. The third kappa shape index (κ3) is 7.81. The van der Waals surface area contributed by atoms with Gasteiger partial charge in [0.1, 0.15) is 0 Å². The molecule has 0 fully saturated rings. The molecule has 0 unspecified atom stereocenters. The van der Waals surface area contributed by atoms with Crippen LogP contribution in [0.2, 0.25) is 0 Å². The van der Waals surface area contributed by atoms with Crippen molar-refractivity contribution in [3.63, 3.8) is 0 Å². The van der Waals surface area contributed by atoms with E-state index in [4.69, 9.17) is 0 Å². The van der Waals surface area contributed by atoms with Crippen molar-refractivity contribution in [1.82, 2.24) is 0 Å². The average Bonchev–Trinajstić information content (AvgIpc) is 1.51. The highest BCUT2D eigenvalue weighted by Gasteiger charge is 2.51. The molecular weight excluding hydrogens is 1080 g/mol. The van der Waals surface area contributed by atoms with E-state index in [0.717, 1.165) is 0 Å². The number of allylic oxidation sites excluding steroid dienone is 8. The summed E-state index contributed by atoms with van der Waals surface area (Å²) >= 11 is 0. The summed E-state index contributed by atoms with van der Waals surface area (Å²) in [5, 5.41) is 12.5. The van der Waals surface area contributed by atoms with E-state index in [1.54, 1.807) is 0 Å². The predicted octanol–water partition coefficient (Wildman–Crippen LogP) is 24.3. The average molecular weight is 1140 g/mol. The Morgan fingerprint density at radius 2 is 0.400 bits per heavy atom.